The monoisotopic (exact) mass is 293 g/mol. The number of nitrogens with two attached hydrogens (primary N) is 1. The molecular formula is C15H16ClNOS. The summed E-state index contributed by atoms with van der Waals surface area (Å²) in [5.41, 5.74) is 8.86. The van der Waals surface area contributed by atoms with Gasteiger partial charge in [-0.1, -0.05) is 23.7 Å². The first-order valence-corrected chi connectivity index (χ1v) is 7.67. The van der Waals surface area contributed by atoms with Gasteiger partial charge in [-0.3, -0.25) is 0 Å². The molecule has 2 N–H and O–H groups in total. The maximum absolute atomic E-state index is 6.20. The molecule has 0 saturated carbocycles. The number of hydrogen-bond acceptors (Lipinski definition) is 3. The van der Waals surface area contributed by atoms with Gasteiger partial charge in [0.1, 0.15) is 5.75 Å². The van der Waals surface area contributed by atoms with Gasteiger partial charge < -0.3 is 10.5 Å². The van der Waals surface area contributed by atoms with Crippen LogP contribution in [0.25, 0.3) is 0 Å². The maximum atomic E-state index is 6.20. The molecule has 1 aliphatic heterocycles. The minimum Gasteiger partial charge on any atom is -0.493 e. The Bertz CT molecular complexity index is 581. The molecule has 3 rings (SSSR count). The van der Waals surface area contributed by atoms with E-state index in [1.165, 1.54) is 11.1 Å². The molecule has 0 radical (unpaired) electrons. The summed E-state index contributed by atoms with van der Waals surface area (Å²) in [6.07, 6.45) is 2.95. The molecule has 1 aromatic carbocycles. The fourth-order valence-corrected chi connectivity index (χ4v) is 3.48. The van der Waals surface area contributed by atoms with E-state index in [0.29, 0.717) is 0 Å². The van der Waals surface area contributed by atoms with Crippen LogP contribution in [0.15, 0.2) is 30.3 Å². The van der Waals surface area contributed by atoms with Gasteiger partial charge in [0.25, 0.3) is 0 Å². The second kappa shape index (κ2) is 5.53. The van der Waals surface area contributed by atoms with E-state index in [9.17, 15) is 0 Å². The summed E-state index contributed by atoms with van der Waals surface area (Å²) in [5.74, 6) is 1.04. The Hall–Kier alpha value is -1.03. The maximum Gasteiger partial charge on any atom is 0.122 e. The first-order chi connectivity index (χ1) is 9.22. The molecule has 1 atom stereocenters. The zero-order chi connectivity index (χ0) is 13.2. The smallest absolute Gasteiger partial charge is 0.122 e. The zero-order valence-corrected chi connectivity index (χ0v) is 12.1. The number of rotatable bonds is 4. The van der Waals surface area contributed by atoms with Crippen LogP contribution in [0.5, 0.6) is 5.75 Å². The molecule has 1 aliphatic rings. The Labute approximate surface area is 122 Å². The topological polar surface area (TPSA) is 35.2 Å². The second-order valence-electron chi connectivity index (χ2n) is 4.83. The molecule has 2 nitrogen and oxygen atoms in total. The average Bonchev–Trinajstić information content (AvgIpc) is 3.03. The van der Waals surface area contributed by atoms with E-state index in [-0.39, 0.29) is 6.04 Å². The number of benzene rings is 1. The number of halogens is 1. The number of ether oxygens (including phenoxy) is 1. The summed E-state index contributed by atoms with van der Waals surface area (Å²) < 4.78 is 6.32. The minimum atomic E-state index is 0.0713. The van der Waals surface area contributed by atoms with E-state index in [0.717, 1.165) is 40.8 Å². The van der Waals surface area contributed by atoms with Gasteiger partial charge in [0.2, 0.25) is 0 Å². The Morgan fingerprint density at radius 2 is 2.21 bits per heavy atom. The highest BCUT2D eigenvalue weighted by molar-refractivity contribution is 7.16. The van der Waals surface area contributed by atoms with Gasteiger partial charge in [-0.15, -0.1) is 11.3 Å². The van der Waals surface area contributed by atoms with Crippen molar-refractivity contribution in [2.75, 3.05) is 6.61 Å². The highest BCUT2D eigenvalue weighted by atomic mass is 35.5. The Morgan fingerprint density at radius 3 is 3.00 bits per heavy atom. The highest BCUT2D eigenvalue weighted by Gasteiger charge is 2.13. The molecule has 4 heteroatoms. The summed E-state index contributed by atoms with van der Waals surface area (Å²) in [7, 11) is 0. The normalized spacial score (nSPS) is 15.1. The molecule has 0 amide bonds. The SMILES string of the molecule is NC(CCc1ccc2c(c1)CCO2)c1ccc(Cl)s1. The van der Waals surface area contributed by atoms with E-state index in [2.05, 4.69) is 18.2 Å². The van der Waals surface area contributed by atoms with Crippen molar-refractivity contribution in [3.8, 4) is 5.75 Å². The number of hydrogen-bond donors (Lipinski definition) is 1. The molecule has 2 aromatic rings. The van der Waals surface area contributed by atoms with E-state index < -0.39 is 0 Å². The largest absolute Gasteiger partial charge is 0.493 e. The summed E-state index contributed by atoms with van der Waals surface area (Å²) in [4.78, 5) is 1.16. The van der Waals surface area contributed by atoms with Gasteiger partial charge in [0.05, 0.1) is 10.9 Å². The van der Waals surface area contributed by atoms with Crippen molar-refractivity contribution in [1.82, 2.24) is 0 Å². The summed E-state index contributed by atoms with van der Waals surface area (Å²) in [6, 6.07) is 10.5. The van der Waals surface area contributed by atoms with Crippen LogP contribution in [0.2, 0.25) is 4.34 Å². The van der Waals surface area contributed by atoms with Crippen molar-refractivity contribution < 1.29 is 4.74 Å². The zero-order valence-electron chi connectivity index (χ0n) is 10.6. The fourth-order valence-electron chi connectivity index (χ4n) is 2.39. The summed E-state index contributed by atoms with van der Waals surface area (Å²) >= 11 is 7.51. The first kappa shape index (κ1) is 13.0. The third kappa shape index (κ3) is 2.94. The molecule has 0 saturated heterocycles. The minimum absolute atomic E-state index is 0.0713. The molecule has 0 spiro atoms. The molecular weight excluding hydrogens is 278 g/mol. The lowest BCUT2D eigenvalue weighted by Gasteiger charge is -2.10. The van der Waals surface area contributed by atoms with Gasteiger partial charge in [-0.05, 0) is 42.2 Å². The third-order valence-corrected chi connectivity index (χ3v) is 4.82. The summed E-state index contributed by atoms with van der Waals surface area (Å²) in [5, 5.41) is 0. The molecule has 2 heterocycles. The number of fused-ring (bicyclic) bond motifs is 1. The lowest BCUT2D eigenvalue weighted by atomic mass is 10.0. The predicted octanol–water partition coefficient (Wildman–Crippen LogP) is 3.97. The van der Waals surface area contributed by atoms with Crippen LogP contribution in [0.4, 0.5) is 0 Å². The molecule has 0 bridgehead atoms. The number of thiophene rings is 1. The van der Waals surface area contributed by atoms with Crippen molar-refractivity contribution in [3.63, 3.8) is 0 Å². The van der Waals surface area contributed by atoms with Crippen LogP contribution in [-0.2, 0) is 12.8 Å². The lowest BCUT2D eigenvalue weighted by Crippen LogP contribution is -2.09. The predicted molar refractivity (Wildman–Crippen MR) is 80.2 cm³/mol. The average molecular weight is 294 g/mol. The standard InChI is InChI=1S/C15H16ClNOS/c16-15-6-5-14(19-15)12(17)3-1-10-2-4-13-11(9-10)7-8-18-13/h2,4-6,9,12H,1,3,7-8,17H2. The van der Waals surface area contributed by atoms with Gasteiger partial charge in [-0.2, -0.15) is 0 Å². The van der Waals surface area contributed by atoms with E-state index in [1.807, 2.05) is 12.1 Å². The molecule has 0 aliphatic carbocycles. The van der Waals surface area contributed by atoms with Gasteiger partial charge in [0.15, 0.2) is 0 Å². The van der Waals surface area contributed by atoms with Crippen LogP contribution < -0.4 is 10.5 Å². The third-order valence-electron chi connectivity index (χ3n) is 3.46. The lowest BCUT2D eigenvalue weighted by molar-refractivity contribution is 0.357. The highest BCUT2D eigenvalue weighted by Crippen LogP contribution is 2.29. The van der Waals surface area contributed by atoms with Gasteiger partial charge in [0, 0.05) is 17.3 Å². The van der Waals surface area contributed by atoms with E-state index in [1.54, 1.807) is 11.3 Å². The quantitative estimate of drug-likeness (QED) is 0.926. The molecule has 1 aromatic heterocycles. The van der Waals surface area contributed by atoms with Crippen LogP contribution in [-0.4, -0.2) is 6.61 Å². The molecule has 0 fully saturated rings. The van der Waals surface area contributed by atoms with E-state index >= 15 is 0 Å². The van der Waals surface area contributed by atoms with Crippen LogP contribution in [0, 0.1) is 0 Å². The van der Waals surface area contributed by atoms with Gasteiger partial charge in [-0.25, -0.2) is 0 Å². The Kier molecular flexibility index (Phi) is 3.78. The Balaban J connectivity index is 1.63. The van der Waals surface area contributed by atoms with Crippen molar-refractivity contribution >= 4 is 22.9 Å². The van der Waals surface area contributed by atoms with Crippen molar-refractivity contribution in [1.29, 1.82) is 0 Å². The molecule has 19 heavy (non-hydrogen) atoms. The molecule has 1 unspecified atom stereocenters. The van der Waals surface area contributed by atoms with Gasteiger partial charge >= 0.3 is 0 Å². The van der Waals surface area contributed by atoms with Crippen LogP contribution in [0.1, 0.15) is 28.5 Å². The summed E-state index contributed by atoms with van der Waals surface area (Å²) in [6.45, 7) is 0.812. The van der Waals surface area contributed by atoms with Crippen molar-refractivity contribution in [3.05, 3.63) is 50.7 Å². The van der Waals surface area contributed by atoms with Crippen LogP contribution >= 0.6 is 22.9 Å². The number of aryl methyl sites for hydroxylation is 1. The second-order valence-corrected chi connectivity index (χ2v) is 6.57. The van der Waals surface area contributed by atoms with E-state index in [4.69, 9.17) is 22.1 Å². The van der Waals surface area contributed by atoms with Crippen molar-refractivity contribution in [2.45, 2.75) is 25.3 Å². The molecule has 100 valence electrons. The first-order valence-electron chi connectivity index (χ1n) is 6.48. The van der Waals surface area contributed by atoms with Crippen molar-refractivity contribution in [2.24, 2.45) is 5.73 Å². The Morgan fingerprint density at radius 1 is 1.32 bits per heavy atom. The fraction of sp³-hybridized carbons (Fsp3) is 0.333. The van der Waals surface area contributed by atoms with Crippen LogP contribution in [0.3, 0.4) is 0 Å².